The van der Waals surface area contributed by atoms with Crippen molar-refractivity contribution in [2.24, 2.45) is 0 Å². The molecule has 0 saturated heterocycles. The number of hydrogen-bond acceptors (Lipinski definition) is 2. The van der Waals surface area contributed by atoms with Gasteiger partial charge in [0.2, 0.25) is 0 Å². The smallest absolute Gasteiger partial charge is 0.119 e. The fourth-order valence-electron chi connectivity index (χ4n) is 1.88. The first-order chi connectivity index (χ1) is 6.79. The highest BCUT2D eigenvalue weighted by Crippen LogP contribution is 2.28. The molecule has 2 heteroatoms. The van der Waals surface area contributed by atoms with Gasteiger partial charge in [-0.3, -0.25) is 0 Å². The SMILES string of the molecule is CCOc1ccc2c(c1)CCC(C)N2. The Morgan fingerprint density at radius 3 is 3.14 bits per heavy atom. The van der Waals surface area contributed by atoms with Crippen molar-refractivity contribution in [3.8, 4) is 5.75 Å². The van der Waals surface area contributed by atoms with Crippen LogP contribution in [0.25, 0.3) is 0 Å². The molecule has 1 aromatic carbocycles. The minimum atomic E-state index is 0.598. The van der Waals surface area contributed by atoms with Crippen molar-refractivity contribution in [3.63, 3.8) is 0 Å². The lowest BCUT2D eigenvalue weighted by molar-refractivity contribution is 0.340. The lowest BCUT2D eigenvalue weighted by Crippen LogP contribution is -2.21. The average Bonchev–Trinajstić information content (AvgIpc) is 2.19. The molecule has 0 fully saturated rings. The Kier molecular flexibility index (Phi) is 2.62. The van der Waals surface area contributed by atoms with E-state index in [-0.39, 0.29) is 0 Å². The van der Waals surface area contributed by atoms with Gasteiger partial charge in [0, 0.05) is 11.7 Å². The number of fused-ring (bicyclic) bond motifs is 1. The van der Waals surface area contributed by atoms with Crippen LogP contribution in [0, 0.1) is 0 Å². The van der Waals surface area contributed by atoms with Gasteiger partial charge in [-0.2, -0.15) is 0 Å². The van der Waals surface area contributed by atoms with E-state index in [9.17, 15) is 0 Å². The van der Waals surface area contributed by atoms with Gasteiger partial charge in [0.15, 0.2) is 0 Å². The zero-order valence-electron chi connectivity index (χ0n) is 8.84. The minimum Gasteiger partial charge on any atom is -0.494 e. The van der Waals surface area contributed by atoms with E-state index in [0.29, 0.717) is 6.04 Å². The van der Waals surface area contributed by atoms with Crippen LogP contribution in [0.3, 0.4) is 0 Å². The molecule has 2 nitrogen and oxygen atoms in total. The number of benzene rings is 1. The summed E-state index contributed by atoms with van der Waals surface area (Å²) in [5, 5.41) is 3.47. The Balaban J connectivity index is 2.22. The van der Waals surface area contributed by atoms with Crippen LogP contribution in [0.15, 0.2) is 18.2 Å². The van der Waals surface area contributed by atoms with Crippen molar-refractivity contribution in [2.75, 3.05) is 11.9 Å². The van der Waals surface area contributed by atoms with E-state index in [1.807, 2.05) is 13.0 Å². The summed E-state index contributed by atoms with van der Waals surface area (Å²) >= 11 is 0. The third-order valence-electron chi connectivity index (χ3n) is 2.64. The van der Waals surface area contributed by atoms with E-state index in [4.69, 9.17) is 4.74 Å². The topological polar surface area (TPSA) is 21.3 Å². The van der Waals surface area contributed by atoms with Crippen LogP contribution in [0.2, 0.25) is 0 Å². The van der Waals surface area contributed by atoms with E-state index >= 15 is 0 Å². The van der Waals surface area contributed by atoms with Crippen molar-refractivity contribution >= 4 is 5.69 Å². The van der Waals surface area contributed by atoms with E-state index in [0.717, 1.165) is 18.8 Å². The van der Waals surface area contributed by atoms with Gasteiger partial charge in [-0.05, 0) is 50.5 Å². The van der Waals surface area contributed by atoms with Crippen molar-refractivity contribution in [1.82, 2.24) is 0 Å². The number of hydrogen-bond donors (Lipinski definition) is 1. The molecule has 0 bridgehead atoms. The molecule has 0 saturated carbocycles. The molecule has 0 aliphatic carbocycles. The van der Waals surface area contributed by atoms with Crippen LogP contribution in [-0.4, -0.2) is 12.6 Å². The first-order valence-electron chi connectivity index (χ1n) is 5.32. The minimum absolute atomic E-state index is 0.598. The summed E-state index contributed by atoms with van der Waals surface area (Å²) in [7, 11) is 0. The zero-order valence-corrected chi connectivity index (χ0v) is 8.84. The molecule has 1 atom stereocenters. The molecule has 76 valence electrons. The molecule has 0 aromatic heterocycles. The number of aryl methyl sites for hydroxylation is 1. The molecular formula is C12H17NO. The second kappa shape index (κ2) is 3.91. The van der Waals surface area contributed by atoms with Crippen LogP contribution in [0.4, 0.5) is 5.69 Å². The molecule has 1 aromatic rings. The van der Waals surface area contributed by atoms with Crippen molar-refractivity contribution in [3.05, 3.63) is 23.8 Å². The summed E-state index contributed by atoms with van der Waals surface area (Å²) in [5.41, 5.74) is 2.65. The number of ether oxygens (including phenoxy) is 1. The Hall–Kier alpha value is -1.18. The summed E-state index contributed by atoms with van der Waals surface area (Å²) in [4.78, 5) is 0. The Morgan fingerprint density at radius 1 is 1.50 bits per heavy atom. The molecule has 1 aliphatic heterocycles. The van der Waals surface area contributed by atoms with Crippen molar-refractivity contribution < 1.29 is 4.74 Å². The first-order valence-corrected chi connectivity index (χ1v) is 5.32. The number of nitrogens with one attached hydrogen (secondary N) is 1. The summed E-state index contributed by atoms with van der Waals surface area (Å²) in [5.74, 6) is 0.989. The molecule has 0 radical (unpaired) electrons. The molecular weight excluding hydrogens is 174 g/mol. The van der Waals surface area contributed by atoms with Gasteiger partial charge < -0.3 is 10.1 Å². The number of anilines is 1. The van der Waals surface area contributed by atoms with Gasteiger partial charge >= 0.3 is 0 Å². The molecule has 14 heavy (non-hydrogen) atoms. The van der Waals surface area contributed by atoms with Gasteiger partial charge in [0.05, 0.1) is 6.61 Å². The number of rotatable bonds is 2. The maximum atomic E-state index is 5.47. The molecule has 2 rings (SSSR count). The van der Waals surface area contributed by atoms with E-state index in [1.54, 1.807) is 0 Å². The van der Waals surface area contributed by atoms with Gasteiger partial charge in [-0.15, -0.1) is 0 Å². The third-order valence-corrected chi connectivity index (χ3v) is 2.64. The Labute approximate surface area is 85.3 Å². The monoisotopic (exact) mass is 191 g/mol. The molecule has 1 aliphatic rings. The van der Waals surface area contributed by atoms with Crippen molar-refractivity contribution in [2.45, 2.75) is 32.7 Å². The third kappa shape index (κ3) is 1.84. The molecule has 0 spiro atoms. The lowest BCUT2D eigenvalue weighted by Gasteiger charge is -2.24. The largest absolute Gasteiger partial charge is 0.494 e. The maximum absolute atomic E-state index is 5.47. The van der Waals surface area contributed by atoms with Crippen LogP contribution in [0.1, 0.15) is 25.8 Å². The van der Waals surface area contributed by atoms with Gasteiger partial charge in [-0.1, -0.05) is 0 Å². The van der Waals surface area contributed by atoms with Crippen LogP contribution >= 0.6 is 0 Å². The zero-order chi connectivity index (χ0) is 9.97. The fourth-order valence-corrected chi connectivity index (χ4v) is 1.88. The summed E-state index contributed by atoms with van der Waals surface area (Å²) in [6.07, 6.45) is 2.37. The predicted molar refractivity (Wildman–Crippen MR) is 59.0 cm³/mol. The lowest BCUT2D eigenvalue weighted by atomic mass is 9.99. The van der Waals surface area contributed by atoms with E-state index in [2.05, 4.69) is 24.4 Å². The van der Waals surface area contributed by atoms with Crippen LogP contribution in [-0.2, 0) is 6.42 Å². The van der Waals surface area contributed by atoms with Crippen LogP contribution in [0.5, 0.6) is 5.75 Å². The second-order valence-corrected chi connectivity index (χ2v) is 3.84. The molecule has 0 amide bonds. The average molecular weight is 191 g/mol. The van der Waals surface area contributed by atoms with E-state index < -0.39 is 0 Å². The summed E-state index contributed by atoms with van der Waals surface area (Å²) in [6, 6.07) is 6.90. The van der Waals surface area contributed by atoms with Crippen LogP contribution < -0.4 is 10.1 Å². The Morgan fingerprint density at radius 2 is 2.36 bits per heavy atom. The highest BCUT2D eigenvalue weighted by atomic mass is 16.5. The standard InChI is InChI=1S/C12H17NO/c1-3-14-11-6-7-12-10(8-11)5-4-9(2)13-12/h6-9,13H,3-5H2,1-2H3. The highest BCUT2D eigenvalue weighted by Gasteiger charge is 2.13. The molecule has 1 N–H and O–H groups in total. The van der Waals surface area contributed by atoms with Crippen molar-refractivity contribution in [1.29, 1.82) is 0 Å². The van der Waals surface area contributed by atoms with E-state index in [1.165, 1.54) is 17.7 Å². The molecule has 1 heterocycles. The highest BCUT2D eigenvalue weighted by molar-refractivity contribution is 5.56. The first kappa shape index (κ1) is 9.38. The summed E-state index contributed by atoms with van der Waals surface area (Å²) in [6.45, 7) is 4.97. The normalized spacial score (nSPS) is 19.7. The maximum Gasteiger partial charge on any atom is 0.119 e. The second-order valence-electron chi connectivity index (χ2n) is 3.84. The molecule has 1 unspecified atom stereocenters. The predicted octanol–water partition coefficient (Wildman–Crippen LogP) is 2.83. The fraction of sp³-hybridized carbons (Fsp3) is 0.500. The Bertz CT molecular complexity index is 322. The van der Waals surface area contributed by atoms with Gasteiger partial charge in [0.1, 0.15) is 5.75 Å². The summed E-state index contributed by atoms with van der Waals surface area (Å²) < 4.78 is 5.47. The van der Waals surface area contributed by atoms with Gasteiger partial charge in [0.25, 0.3) is 0 Å². The van der Waals surface area contributed by atoms with Gasteiger partial charge in [-0.25, -0.2) is 0 Å². The quantitative estimate of drug-likeness (QED) is 0.776.